The van der Waals surface area contributed by atoms with Crippen LogP contribution in [0.5, 0.6) is 0 Å². The molecule has 6 aromatic carbocycles. The molecule has 0 N–H and O–H groups in total. The zero-order valence-corrected chi connectivity index (χ0v) is 21.8. The quantitative estimate of drug-likeness (QED) is 0.220. The minimum absolute atomic E-state index is 0.0204. The Kier molecular flexibility index (Phi) is 3.89. The van der Waals surface area contributed by atoms with E-state index in [1.807, 2.05) is 0 Å². The average Bonchev–Trinajstić information content (AvgIpc) is 3.60. The third-order valence-electron chi connectivity index (χ3n) is 8.98. The van der Waals surface area contributed by atoms with E-state index in [2.05, 4.69) is 134 Å². The van der Waals surface area contributed by atoms with E-state index in [4.69, 9.17) is 4.42 Å². The lowest BCUT2D eigenvalue weighted by Gasteiger charge is -2.21. The summed E-state index contributed by atoms with van der Waals surface area (Å²) in [5.74, 6) is 0. The van der Waals surface area contributed by atoms with Crippen LogP contribution in [0.2, 0.25) is 0 Å². The molecule has 2 heterocycles. The van der Waals surface area contributed by atoms with Crippen molar-refractivity contribution in [3.8, 4) is 16.8 Å². The maximum atomic E-state index is 6.73. The zero-order valence-electron chi connectivity index (χ0n) is 21.8. The van der Waals surface area contributed by atoms with Crippen LogP contribution in [0.4, 0.5) is 0 Å². The largest absolute Gasteiger partial charge is 0.454 e. The Morgan fingerprint density at radius 1 is 0.564 bits per heavy atom. The molecule has 0 spiro atoms. The number of rotatable bonds is 1. The molecule has 0 unspecified atom stereocenters. The predicted octanol–water partition coefficient (Wildman–Crippen LogP) is 10.1. The summed E-state index contributed by atoms with van der Waals surface area (Å²) in [6.45, 7) is 4.67. The van der Waals surface area contributed by atoms with Crippen LogP contribution in [-0.4, -0.2) is 4.57 Å². The molecule has 0 fully saturated rings. The lowest BCUT2D eigenvalue weighted by Crippen LogP contribution is -2.14. The summed E-state index contributed by atoms with van der Waals surface area (Å²) in [4.78, 5) is 0. The van der Waals surface area contributed by atoms with Crippen LogP contribution in [0.25, 0.3) is 71.3 Å². The fourth-order valence-electron chi connectivity index (χ4n) is 7.24. The first kappa shape index (κ1) is 21.2. The van der Waals surface area contributed by atoms with Crippen molar-refractivity contribution in [3.05, 3.63) is 126 Å². The molecule has 0 radical (unpaired) electrons. The number of benzene rings is 6. The van der Waals surface area contributed by atoms with Crippen molar-refractivity contribution in [2.45, 2.75) is 19.3 Å². The summed E-state index contributed by atoms with van der Waals surface area (Å²) >= 11 is 0. The van der Waals surface area contributed by atoms with Gasteiger partial charge in [-0.15, -0.1) is 0 Å². The number of aromatic nitrogens is 1. The zero-order chi connectivity index (χ0) is 25.9. The summed E-state index contributed by atoms with van der Waals surface area (Å²) in [5.41, 5.74) is 10.8. The van der Waals surface area contributed by atoms with Crippen molar-refractivity contribution >= 4 is 54.5 Å². The van der Waals surface area contributed by atoms with Crippen LogP contribution in [-0.2, 0) is 5.41 Å². The molecule has 39 heavy (non-hydrogen) atoms. The van der Waals surface area contributed by atoms with Gasteiger partial charge in [0.15, 0.2) is 5.58 Å². The molecule has 0 aliphatic heterocycles. The molecular formula is C37H25NO. The van der Waals surface area contributed by atoms with E-state index >= 15 is 0 Å². The van der Waals surface area contributed by atoms with E-state index in [-0.39, 0.29) is 5.41 Å². The fourth-order valence-corrected chi connectivity index (χ4v) is 7.24. The maximum Gasteiger partial charge on any atom is 0.160 e. The van der Waals surface area contributed by atoms with Gasteiger partial charge in [-0.1, -0.05) is 105 Å². The van der Waals surface area contributed by atoms with Gasteiger partial charge in [0.05, 0.1) is 11.0 Å². The molecule has 0 saturated heterocycles. The number of nitrogens with zero attached hydrogens (tertiary/aromatic N) is 1. The van der Waals surface area contributed by atoms with Gasteiger partial charge in [-0.2, -0.15) is 0 Å². The Labute approximate surface area is 225 Å². The molecule has 0 saturated carbocycles. The summed E-state index contributed by atoms with van der Waals surface area (Å²) in [5, 5.41) is 7.32. The topological polar surface area (TPSA) is 18.1 Å². The van der Waals surface area contributed by atoms with Crippen LogP contribution in [0.15, 0.2) is 120 Å². The van der Waals surface area contributed by atoms with Crippen molar-refractivity contribution in [2.24, 2.45) is 0 Å². The maximum absolute atomic E-state index is 6.73. The van der Waals surface area contributed by atoms with Crippen molar-refractivity contribution in [1.29, 1.82) is 0 Å². The van der Waals surface area contributed by atoms with Gasteiger partial charge in [-0.25, -0.2) is 0 Å². The van der Waals surface area contributed by atoms with Gasteiger partial charge >= 0.3 is 0 Å². The minimum atomic E-state index is -0.0204. The molecule has 0 amide bonds. The molecule has 9 rings (SSSR count). The Hall–Kier alpha value is -4.82. The number of fused-ring (bicyclic) bond motifs is 13. The second-order valence-electron chi connectivity index (χ2n) is 11.3. The lowest BCUT2D eigenvalue weighted by atomic mass is 9.82. The Morgan fingerprint density at radius 2 is 1.21 bits per heavy atom. The van der Waals surface area contributed by atoms with Gasteiger partial charge in [0.1, 0.15) is 5.58 Å². The Bertz CT molecular complexity index is 2310. The van der Waals surface area contributed by atoms with E-state index < -0.39 is 0 Å². The van der Waals surface area contributed by atoms with Crippen LogP contribution in [0.3, 0.4) is 0 Å². The van der Waals surface area contributed by atoms with E-state index in [1.54, 1.807) is 0 Å². The van der Waals surface area contributed by atoms with Gasteiger partial charge < -0.3 is 8.98 Å². The highest BCUT2D eigenvalue weighted by atomic mass is 16.3. The smallest absolute Gasteiger partial charge is 0.160 e. The highest BCUT2D eigenvalue weighted by Crippen LogP contribution is 2.50. The first-order valence-corrected chi connectivity index (χ1v) is 13.6. The van der Waals surface area contributed by atoms with E-state index in [9.17, 15) is 0 Å². The summed E-state index contributed by atoms with van der Waals surface area (Å²) in [7, 11) is 0. The Morgan fingerprint density at radius 3 is 2.05 bits per heavy atom. The third-order valence-corrected chi connectivity index (χ3v) is 8.98. The standard InChI is InChI=1S/C37H25NO/c1-37(2)29-16-8-5-11-23(29)28-21-22(19-20-30(28)37)38-31-17-9-6-14-26(31)33-24-12-3-4-13-25(24)34-27-15-7-10-18-32(27)39-36(34)35(33)38/h3-21H,1-2H3. The van der Waals surface area contributed by atoms with Crippen molar-refractivity contribution in [2.75, 3.05) is 0 Å². The average molecular weight is 500 g/mol. The highest BCUT2D eigenvalue weighted by Gasteiger charge is 2.35. The monoisotopic (exact) mass is 499 g/mol. The summed E-state index contributed by atoms with van der Waals surface area (Å²) in [6, 6.07) is 41.8. The van der Waals surface area contributed by atoms with Crippen molar-refractivity contribution in [1.82, 2.24) is 4.57 Å². The highest BCUT2D eigenvalue weighted by molar-refractivity contribution is 6.35. The number of hydrogen-bond acceptors (Lipinski definition) is 1. The second-order valence-corrected chi connectivity index (χ2v) is 11.3. The molecule has 1 aliphatic carbocycles. The van der Waals surface area contributed by atoms with E-state index in [1.165, 1.54) is 54.7 Å². The van der Waals surface area contributed by atoms with Crippen LogP contribution in [0.1, 0.15) is 25.0 Å². The molecule has 2 heteroatoms. The van der Waals surface area contributed by atoms with Crippen LogP contribution >= 0.6 is 0 Å². The van der Waals surface area contributed by atoms with Gasteiger partial charge in [-0.3, -0.25) is 0 Å². The third kappa shape index (κ3) is 2.56. The van der Waals surface area contributed by atoms with Gasteiger partial charge in [0.25, 0.3) is 0 Å². The van der Waals surface area contributed by atoms with Crippen LogP contribution < -0.4 is 0 Å². The molecule has 1 aliphatic rings. The van der Waals surface area contributed by atoms with E-state index in [0.717, 1.165) is 27.8 Å². The van der Waals surface area contributed by atoms with Crippen LogP contribution in [0, 0.1) is 0 Å². The molecule has 8 aromatic rings. The summed E-state index contributed by atoms with van der Waals surface area (Å²) in [6.07, 6.45) is 0. The van der Waals surface area contributed by atoms with Crippen molar-refractivity contribution < 1.29 is 4.42 Å². The number of para-hydroxylation sites is 2. The van der Waals surface area contributed by atoms with E-state index in [0.29, 0.717) is 0 Å². The molecule has 184 valence electrons. The van der Waals surface area contributed by atoms with Crippen molar-refractivity contribution in [3.63, 3.8) is 0 Å². The molecule has 0 atom stereocenters. The second kappa shape index (κ2) is 7.18. The summed E-state index contributed by atoms with van der Waals surface area (Å²) < 4.78 is 9.15. The molecule has 2 nitrogen and oxygen atoms in total. The SMILES string of the molecule is CC1(C)c2ccccc2-c2cc(-n3c4ccccc4c4c5ccccc5c5c6ccccc6oc5c43)ccc21. The van der Waals surface area contributed by atoms with Gasteiger partial charge in [0, 0.05) is 32.6 Å². The molecule has 0 bridgehead atoms. The van der Waals surface area contributed by atoms with Gasteiger partial charge in [0.2, 0.25) is 0 Å². The number of hydrogen-bond donors (Lipinski definition) is 0. The first-order chi connectivity index (χ1) is 19.1. The fraction of sp³-hybridized carbons (Fsp3) is 0.0811. The molecule has 2 aromatic heterocycles. The minimum Gasteiger partial charge on any atom is -0.454 e. The first-order valence-electron chi connectivity index (χ1n) is 13.6. The normalized spacial score (nSPS) is 14.1. The Balaban J connectivity index is 1.50. The molecular weight excluding hydrogens is 474 g/mol. The predicted molar refractivity (Wildman–Crippen MR) is 163 cm³/mol. The number of furan rings is 1. The lowest BCUT2D eigenvalue weighted by molar-refractivity contribution is 0.660. The van der Waals surface area contributed by atoms with Gasteiger partial charge in [-0.05, 0) is 57.3 Å².